The number of methoxy groups -OCH3 is 1. The van der Waals surface area contributed by atoms with E-state index < -0.39 is 5.97 Å². The molecule has 0 aliphatic carbocycles. The summed E-state index contributed by atoms with van der Waals surface area (Å²) in [5.74, 6) is -0.0413. The van der Waals surface area contributed by atoms with Crippen LogP contribution in [-0.2, 0) is 57.3 Å². The zero-order valence-electron chi connectivity index (χ0n) is 44.5. The zero-order chi connectivity index (χ0) is 52.2. The monoisotopic (exact) mass is 997 g/mol. The molecule has 1 amide bonds. The van der Waals surface area contributed by atoms with E-state index in [0.29, 0.717) is 117 Å². The Hall–Kier alpha value is -3.32. The highest BCUT2D eigenvalue weighted by Crippen LogP contribution is 2.20. The standard InChI is InChI=1S/C27H48N2O7.C19H34N2O3.C4H8O.C3H6O2/c1-4-25(31)21-28-13-7-8-15-29(27(33)12-16-35-19-20-36-18-17-34-3)14-6-5-9-24(26(32)22-28)11-10-23(2)30;1-3-18(23)14-21-13-7-6-12-20-11-5-4-8-17(19(24)15-21)10-9-16(2)22;1-2-4-5-3-1;1-2-3(4)5/h24H,4-22H2,1-3H3;17,20H,3-15H2,1-2H3;1-4H2;2H2,1H3,(H,4,5)/t24-;17-;;/m11../s1. The molecule has 0 aromatic heterocycles. The normalized spacial score (nSPS) is 19.5. The van der Waals surface area contributed by atoms with Crippen LogP contribution < -0.4 is 5.32 Å². The van der Waals surface area contributed by atoms with Gasteiger partial charge < -0.3 is 43.9 Å². The molecule has 0 spiro atoms. The summed E-state index contributed by atoms with van der Waals surface area (Å²) in [4.78, 5) is 101. The molecular formula is C53H96N4O13. The third kappa shape index (κ3) is 39.3. The first-order chi connectivity index (χ1) is 33.7. The number of aliphatic carboxylic acids is 1. The average Bonchev–Trinajstić information content (AvgIpc) is 3.93. The molecule has 3 saturated heterocycles. The number of nitrogens with one attached hydrogen (secondary N) is 1. The fraction of sp³-hybridized carbons (Fsp3) is 0.849. The molecule has 0 saturated carbocycles. The molecule has 2 N–H and O–H groups in total. The Morgan fingerprint density at radius 1 is 0.586 bits per heavy atom. The van der Waals surface area contributed by atoms with Gasteiger partial charge >= 0.3 is 5.97 Å². The van der Waals surface area contributed by atoms with Crippen LogP contribution in [0.5, 0.6) is 0 Å². The predicted octanol–water partition coefficient (Wildman–Crippen LogP) is 6.34. The molecule has 0 radical (unpaired) electrons. The van der Waals surface area contributed by atoms with Crippen LogP contribution in [0.3, 0.4) is 0 Å². The lowest BCUT2D eigenvalue weighted by molar-refractivity contribution is -0.137. The molecule has 17 heteroatoms. The van der Waals surface area contributed by atoms with Gasteiger partial charge in [-0.3, -0.25) is 38.6 Å². The fourth-order valence-corrected chi connectivity index (χ4v) is 7.87. The number of amides is 1. The van der Waals surface area contributed by atoms with E-state index in [9.17, 15) is 38.4 Å². The maximum atomic E-state index is 13.1. The molecule has 0 unspecified atom stereocenters. The van der Waals surface area contributed by atoms with Gasteiger partial charge in [-0.05, 0) is 117 Å². The Balaban J connectivity index is 0.00000119. The van der Waals surface area contributed by atoms with Crippen molar-refractivity contribution in [3.8, 4) is 0 Å². The highest BCUT2D eigenvalue weighted by atomic mass is 16.5. The van der Waals surface area contributed by atoms with Gasteiger partial charge in [0.2, 0.25) is 5.91 Å². The number of nitrogens with zero attached hydrogens (tertiary/aromatic N) is 3. The van der Waals surface area contributed by atoms with Crippen LogP contribution in [0.4, 0.5) is 0 Å². The number of Topliss-reactive ketones (excluding diaryl/α,β-unsaturated/α-hetero) is 6. The Kier molecular flexibility index (Phi) is 43.4. The second kappa shape index (κ2) is 45.5. The molecular weight excluding hydrogens is 901 g/mol. The molecule has 0 aromatic rings. The molecule has 70 heavy (non-hydrogen) atoms. The highest BCUT2D eigenvalue weighted by molar-refractivity contribution is 5.86. The van der Waals surface area contributed by atoms with E-state index in [1.54, 1.807) is 27.9 Å². The van der Waals surface area contributed by atoms with E-state index in [2.05, 4.69) is 5.32 Å². The van der Waals surface area contributed by atoms with Crippen molar-refractivity contribution in [3.63, 3.8) is 0 Å². The summed E-state index contributed by atoms with van der Waals surface area (Å²) in [5.41, 5.74) is 0. The van der Waals surface area contributed by atoms with E-state index in [-0.39, 0.29) is 72.0 Å². The fourth-order valence-electron chi connectivity index (χ4n) is 7.87. The number of ketones is 6. The van der Waals surface area contributed by atoms with Crippen molar-refractivity contribution >= 4 is 46.6 Å². The number of hydrogen-bond acceptors (Lipinski definition) is 15. The van der Waals surface area contributed by atoms with Crippen LogP contribution in [0, 0.1) is 11.8 Å². The summed E-state index contributed by atoms with van der Waals surface area (Å²) in [6.45, 7) is 18.8. The first kappa shape index (κ1) is 66.7. The van der Waals surface area contributed by atoms with Crippen LogP contribution in [0.1, 0.15) is 163 Å². The SMILES string of the molecule is C1CCOC1.CCC(=O)CN1CCCCN(C(=O)CCOCCOCCOC)CCCC[C@H](CCC(C)=O)C(=O)C1.CCC(=O)CN1CCCCNCCCC[C@H](CCC(C)=O)C(=O)C1.CCC(=O)O. The Bertz CT molecular complexity index is 1440. The Labute approximate surface area is 421 Å². The van der Waals surface area contributed by atoms with Crippen molar-refractivity contribution in [1.29, 1.82) is 0 Å². The maximum Gasteiger partial charge on any atom is 0.303 e. The topological polar surface area (TPSA) is 215 Å². The van der Waals surface area contributed by atoms with Crippen molar-refractivity contribution in [2.75, 3.05) is 119 Å². The van der Waals surface area contributed by atoms with Crippen LogP contribution in [-0.4, -0.2) is 185 Å². The Morgan fingerprint density at radius 2 is 1.01 bits per heavy atom. The minimum absolute atomic E-state index is 0.0473. The molecule has 0 bridgehead atoms. The number of ether oxygens (including phenoxy) is 4. The maximum absolute atomic E-state index is 13.1. The molecule has 3 aliphatic heterocycles. The van der Waals surface area contributed by atoms with Gasteiger partial charge in [-0.2, -0.15) is 0 Å². The summed E-state index contributed by atoms with van der Waals surface area (Å²) < 4.78 is 20.8. The predicted molar refractivity (Wildman–Crippen MR) is 272 cm³/mol. The highest BCUT2D eigenvalue weighted by Gasteiger charge is 2.25. The van der Waals surface area contributed by atoms with Crippen molar-refractivity contribution in [2.45, 2.75) is 163 Å². The first-order valence-corrected chi connectivity index (χ1v) is 26.6. The van der Waals surface area contributed by atoms with Crippen LogP contribution in [0.25, 0.3) is 0 Å². The number of carboxylic acid groups (broad SMARTS) is 1. The van der Waals surface area contributed by atoms with Gasteiger partial charge in [0.05, 0.1) is 65.6 Å². The van der Waals surface area contributed by atoms with E-state index in [0.717, 1.165) is 90.6 Å². The summed E-state index contributed by atoms with van der Waals surface area (Å²) in [6, 6.07) is 0. The third-order valence-electron chi connectivity index (χ3n) is 12.3. The van der Waals surface area contributed by atoms with E-state index in [1.807, 2.05) is 28.5 Å². The number of carbonyl (C=O) groups is 8. The first-order valence-electron chi connectivity index (χ1n) is 26.6. The van der Waals surface area contributed by atoms with Crippen LogP contribution in [0.15, 0.2) is 0 Å². The lowest BCUT2D eigenvalue weighted by atomic mass is 9.91. The zero-order valence-corrected chi connectivity index (χ0v) is 44.5. The number of hydrogen-bond donors (Lipinski definition) is 2. The van der Waals surface area contributed by atoms with E-state index >= 15 is 0 Å². The lowest BCUT2D eigenvalue weighted by Gasteiger charge is -2.24. The molecule has 17 nitrogen and oxygen atoms in total. The summed E-state index contributed by atoms with van der Waals surface area (Å²) in [7, 11) is 1.63. The molecule has 2 atom stereocenters. The molecule has 3 fully saturated rings. The molecule has 3 heterocycles. The number of rotatable bonds is 22. The number of carboxylic acids is 1. The van der Waals surface area contributed by atoms with Crippen LogP contribution >= 0.6 is 0 Å². The summed E-state index contributed by atoms with van der Waals surface area (Å²) in [6.07, 6.45) is 15.1. The molecule has 3 rings (SSSR count). The quantitative estimate of drug-likeness (QED) is 0.113. The smallest absolute Gasteiger partial charge is 0.303 e. The third-order valence-corrected chi connectivity index (χ3v) is 12.3. The van der Waals surface area contributed by atoms with Crippen molar-refractivity contribution in [2.24, 2.45) is 11.8 Å². The van der Waals surface area contributed by atoms with Gasteiger partial charge in [-0.1, -0.05) is 33.6 Å². The van der Waals surface area contributed by atoms with Gasteiger partial charge in [0.15, 0.2) is 0 Å². The summed E-state index contributed by atoms with van der Waals surface area (Å²) >= 11 is 0. The average molecular weight is 997 g/mol. The summed E-state index contributed by atoms with van der Waals surface area (Å²) in [5, 5.41) is 11.2. The number of carbonyl (C=O) groups excluding carboxylic acids is 7. The van der Waals surface area contributed by atoms with Gasteiger partial charge in [0.1, 0.15) is 34.7 Å². The minimum Gasteiger partial charge on any atom is -0.481 e. The van der Waals surface area contributed by atoms with Gasteiger partial charge in [-0.25, -0.2) is 0 Å². The van der Waals surface area contributed by atoms with Gasteiger partial charge in [-0.15, -0.1) is 0 Å². The van der Waals surface area contributed by atoms with Gasteiger partial charge in [0.25, 0.3) is 0 Å². The van der Waals surface area contributed by atoms with Crippen molar-refractivity contribution in [1.82, 2.24) is 20.0 Å². The molecule has 406 valence electrons. The second-order valence-electron chi connectivity index (χ2n) is 18.6. The lowest BCUT2D eigenvalue weighted by Crippen LogP contribution is -2.38. The largest absolute Gasteiger partial charge is 0.481 e. The van der Waals surface area contributed by atoms with Gasteiger partial charge in [0, 0.05) is 77.4 Å². The molecule has 3 aliphatic rings. The van der Waals surface area contributed by atoms with Crippen molar-refractivity contribution < 1.29 is 62.4 Å². The van der Waals surface area contributed by atoms with Crippen LogP contribution in [0.2, 0.25) is 0 Å². The Morgan fingerprint density at radius 3 is 1.46 bits per heavy atom. The molecule has 0 aromatic carbocycles. The second-order valence-corrected chi connectivity index (χ2v) is 18.6. The van der Waals surface area contributed by atoms with E-state index in [4.69, 9.17) is 24.1 Å². The minimum atomic E-state index is -0.745. The van der Waals surface area contributed by atoms with Crippen molar-refractivity contribution in [3.05, 3.63) is 0 Å². The van der Waals surface area contributed by atoms with E-state index in [1.165, 1.54) is 12.8 Å².